The third-order valence-electron chi connectivity index (χ3n) is 5.36. The number of hydrogen-bond donors (Lipinski definition) is 0. The molecule has 0 radical (unpaired) electrons. The maximum atomic E-state index is 12.4. The van der Waals surface area contributed by atoms with E-state index < -0.39 is 5.97 Å². The fourth-order valence-corrected chi connectivity index (χ4v) is 4.02. The fourth-order valence-electron chi connectivity index (χ4n) is 4.02. The standard InChI is InChI=1S/C25H24N2O4/c1-3-29-24-22-19(13-20(27-24)25(28)30-4-2)12-17-10-11-18(14-26)21(17)23(22)31-15-16-8-6-5-7-9-16/h5-9,12-13,18H,3-4,10-11,15H2,1-2H3. The molecule has 3 aromatic rings. The van der Waals surface area contributed by atoms with Gasteiger partial charge in [0.25, 0.3) is 0 Å². The van der Waals surface area contributed by atoms with E-state index >= 15 is 0 Å². The zero-order valence-electron chi connectivity index (χ0n) is 17.7. The molecule has 4 rings (SSSR count). The topological polar surface area (TPSA) is 81.4 Å². The second-order valence-electron chi connectivity index (χ2n) is 7.34. The van der Waals surface area contributed by atoms with E-state index in [1.165, 1.54) is 0 Å². The quantitative estimate of drug-likeness (QED) is 0.507. The summed E-state index contributed by atoms with van der Waals surface area (Å²) in [5.74, 6) is 0.196. The number of hydrogen-bond acceptors (Lipinski definition) is 6. The van der Waals surface area contributed by atoms with Crippen molar-refractivity contribution in [3.63, 3.8) is 0 Å². The molecule has 1 heterocycles. The summed E-state index contributed by atoms with van der Waals surface area (Å²) in [6.45, 7) is 4.62. The van der Waals surface area contributed by atoms with Gasteiger partial charge in [-0.15, -0.1) is 0 Å². The Morgan fingerprint density at radius 3 is 2.68 bits per heavy atom. The van der Waals surface area contributed by atoms with Gasteiger partial charge < -0.3 is 14.2 Å². The molecule has 6 heteroatoms. The first kappa shape index (κ1) is 20.7. The van der Waals surface area contributed by atoms with Gasteiger partial charge in [-0.05, 0) is 49.3 Å². The SMILES string of the molecule is CCOC(=O)c1cc2cc3c(c(OCc4ccccc4)c2c(OCC)n1)C(C#N)CC3. The van der Waals surface area contributed by atoms with E-state index in [-0.39, 0.29) is 18.2 Å². The number of carbonyl (C=O) groups is 1. The zero-order valence-corrected chi connectivity index (χ0v) is 17.7. The third kappa shape index (κ3) is 4.04. The molecule has 0 aliphatic heterocycles. The number of rotatable bonds is 7. The lowest BCUT2D eigenvalue weighted by Crippen LogP contribution is -2.10. The van der Waals surface area contributed by atoms with Crippen LogP contribution in [0, 0.1) is 11.3 Å². The first-order valence-electron chi connectivity index (χ1n) is 10.5. The van der Waals surface area contributed by atoms with Crippen molar-refractivity contribution >= 4 is 16.7 Å². The predicted octanol–water partition coefficient (Wildman–Crippen LogP) is 4.94. The molecular formula is C25H24N2O4. The minimum Gasteiger partial charge on any atom is -0.488 e. The Morgan fingerprint density at radius 2 is 1.97 bits per heavy atom. The Morgan fingerprint density at radius 1 is 1.16 bits per heavy atom. The van der Waals surface area contributed by atoms with Crippen LogP contribution in [0.4, 0.5) is 0 Å². The summed E-state index contributed by atoms with van der Waals surface area (Å²) in [5, 5.41) is 11.2. The van der Waals surface area contributed by atoms with Gasteiger partial charge in [-0.1, -0.05) is 36.4 Å². The van der Waals surface area contributed by atoms with E-state index in [9.17, 15) is 10.1 Å². The van der Waals surface area contributed by atoms with Crippen LogP contribution in [0.25, 0.3) is 10.8 Å². The molecule has 0 N–H and O–H groups in total. The highest BCUT2D eigenvalue weighted by Crippen LogP contribution is 2.46. The van der Waals surface area contributed by atoms with E-state index in [0.29, 0.717) is 30.2 Å². The smallest absolute Gasteiger partial charge is 0.357 e. The molecule has 0 saturated carbocycles. The van der Waals surface area contributed by atoms with Crippen LogP contribution in [-0.4, -0.2) is 24.2 Å². The van der Waals surface area contributed by atoms with Crippen molar-refractivity contribution < 1.29 is 19.0 Å². The number of nitriles is 1. The van der Waals surface area contributed by atoms with Crippen LogP contribution in [0.1, 0.15) is 53.4 Å². The normalized spacial score (nSPS) is 14.7. The summed E-state index contributed by atoms with van der Waals surface area (Å²) in [6.07, 6.45) is 1.53. The minimum atomic E-state index is -0.493. The van der Waals surface area contributed by atoms with E-state index in [1.54, 1.807) is 13.0 Å². The number of carbonyl (C=O) groups excluding carboxylic acids is 1. The monoisotopic (exact) mass is 416 g/mol. The van der Waals surface area contributed by atoms with Gasteiger partial charge in [0.15, 0.2) is 5.69 Å². The Labute approximate surface area is 181 Å². The lowest BCUT2D eigenvalue weighted by molar-refractivity contribution is 0.0518. The predicted molar refractivity (Wildman–Crippen MR) is 116 cm³/mol. The minimum absolute atomic E-state index is 0.196. The molecule has 0 saturated heterocycles. The van der Waals surface area contributed by atoms with Crippen LogP contribution >= 0.6 is 0 Å². The Kier molecular flexibility index (Phi) is 6.03. The van der Waals surface area contributed by atoms with Crippen LogP contribution in [0.15, 0.2) is 42.5 Å². The van der Waals surface area contributed by atoms with Gasteiger partial charge >= 0.3 is 5.97 Å². The number of aromatic nitrogens is 1. The number of ether oxygens (including phenoxy) is 3. The average Bonchev–Trinajstić information content (AvgIpc) is 3.20. The van der Waals surface area contributed by atoms with Crippen LogP contribution < -0.4 is 9.47 Å². The van der Waals surface area contributed by atoms with Gasteiger partial charge in [-0.25, -0.2) is 9.78 Å². The maximum absolute atomic E-state index is 12.4. The molecule has 1 aliphatic carbocycles. The second kappa shape index (κ2) is 9.05. The van der Waals surface area contributed by atoms with E-state index in [2.05, 4.69) is 11.1 Å². The van der Waals surface area contributed by atoms with Crippen molar-refractivity contribution in [2.75, 3.05) is 13.2 Å². The van der Waals surface area contributed by atoms with E-state index in [1.807, 2.05) is 43.3 Å². The highest BCUT2D eigenvalue weighted by molar-refractivity contribution is 6.00. The summed E-state index contributed by atoms with van der Waals surface area (Å²) in [6, 6.07) is 16.0. The maximum Gasteiger partial charge on any atom is 0.357 e. The molecular weight excluding hydrogens is 392 g/mol. The van der Waals surface area contributed by atoms with Crippen molar-refractivity contribution in [3.05, 3.63) is 64.8 Å². The third-order valence-corrected chi connectivity index (χ3v) is 5.36. The molecule has 0 amide bonds. The van der Waals surface area contributed by atoms with Crippen molar-refractivity contribution in [2.45, 2.75) is 39.2 Å². The molecule has 1 aromatic heterocycles. The molecule has 0 bridgehead atoms. The van der Waals surface area contributed by atoms with Crippen molar-refractivity contribution in [3.8, 4) is 17.7 Å². The largest absolute Gasteiger partial charge is 0.488 e. The van der Waals surface area contributed by atoms with Crippen LogP contribution in [0.2, 0.25) is 0 Å². The summed E-state index contributed by atoms with van der Waals surface area (Å²) in [7, 11) is 0. The number of aryl methyl sites for hydroxylation is 1. The highest BCUT2D eigenvalue weighted by Gasteiger charge is 2.30. The van der Waals surface area contributed by atoms with Gasteiger partial charge in [0, 0.05) is 5.56 Å². The lowest BCUT2D eigenvalue weighted by Gasteiger charge is -2.18. The molecule has 1 aliphatic rings. The first-order chi connectivity index (χ1) is 15.2. The highest BCUT2D eigenvalue weighted by atomic mass is 16.5. The summed E-state index contributed by atoms with van der Waals surface area (Å²) >= 11 is 0. The molecule has 0 fully saturated rings. The van der Waals surface area contributed by atoms with Crippen molar-refractivity contribution in [2.24, 2.45) is 0 Å². The van der Waals surface area contributed by atoms with Gasteiger partial charge in [-0.2, -0.15) is 5.26 Å². The lowest BCUT2D eigenvalue weighted by atomic mass is 9.97. The summed E-state index contributed by atoms with van der Waals surface area (Å²) in [5.41, 5.74) is 3.18. The number of fused-ring (bicyclic) bond motifs is 2. The number of esters is 1. The molecule has 158 valence electrons. The fraction of sp³-hybridized carbons (Fsp3) is 0.320. The average molecular weight is 416 g/mol. The molecule has 1 unspecified atom stereocenters. The Balaban J connectivity index is 1.90. The van der Waals surface area contributed by atoms with Gasteiger partial charge in [0.05, 0.1) is 30.6 Å². The summed E-state index contributed by atoms with van der Waals surface area (Å²) in [4.78, 5) is 16.8. The number of pyridine rings is 1. The van der Waals surface area contributed by atoms with Gasteiger partial charge in [0.1, 0.15) is 12.4 Å². The molecule has 1 atom stereocenters. The van der Waals surface area contributed by atoms with Gasteiger partial charge in [0.2, 0.25) is 5.88 Å². The van der Waals surface area contributed by atoms with E-state index in [4.69, 9.17) is 14.2 Å². The molecule has 31 heavy (non-hydrogen) atoms. The van der Waals surface area contributed by atoms with Crippen molar-refractivity contribution in [1.82, 2.24) is 4.98 Å². The molecule has 6 nitrogen and oxygen atoms in total. The van der Waals surface area contributed by atoms with Crippen LogP contribution in [0.3, 0.4) is 0 Å². The number of nitrogens with zero attached hydrogens (tertiary/aromatic N) is 2. The zero-order chi connectivity index (χ0) is 21.8. The number of benzene rings is 2. The van der Waals surface area contributed by atoms with Gasteiger partial charge in [-0.3, -0.25) is 0 Å². The van der Waals surface area contributed by atoms with Crippen LogP contribution in [-0.2, 0) is 17.8 Å². The second-order valence-corrected chi connectivity index (χ2v) is 7.34. The van der Waals surface area contributed by atoms with Crippen molar-refractivity contribution in [1.29, 1.82) is 5.26 Å². The molecule has 0 spiro atoms. The Hall–Kier alpha value is -3.59. The Bertz CT molecular complexity index is 1150. The summed E-state index contributed by atoms with van der Waals surface area (Å²) < 4.78 is 17.3. The molecule has 2 aromatic carbocycles. The van der Waals surface area contributed by atoms with Crippen LogP contribution in [0.5, 0.6) is 11.6 Å². The van der Waals surface area contributed by atoms with E-state index in [0.717, 1.165) is 34.9 Å². The first-order valence-corrected chi connectivity index (χ1v) is 10.5.